The summed E-state index contributed by atoms with van der Waals surface area (Å²) in [4.78, 5) is 6.14. The molecule has 1 aliphatic heterocycles. The Labute approximate surface area is 121 Å². The van der Waals surface area contributed by atoms with Gasteiger partial charge in [-0.15, -0.1) is 11.3 Å². The van der Waals surface area contributed by atoms with Gasteiger partial charge in [-0.2, -0.15) is 0 Å². The lowest BCUT2D eigenvalue weighted by Crippen LogP contribution is -2.60. The average molecular weight is 333 g/mol. The van der Waals surface area contributed by atoms with Gasteiger partial charge in [0, 0.05) is 47.5 Å². The summed E-state index contributed by atoms with van der Waals surface area (Å²) < 4.78 is 1.19. The van der Waals surface area contributed by atoms with Crippen molar-refractivity contribution in [2.45, 2.75) is 18.5 Å². The van der Waals surface area contributed by atoms with Gasteiger partial charge in [-0.05, 0) is 41.5 Å². The summed E-state index contributed by atoms with van der Waals surface area (Å²) in [7, 11) is 4.36. The Bertz CT molecular complexity index is 384. The highest BCUT2D eigenvalue weighted by Crippen LogP contribution is 2.25. The van der Waals surface area contributed by atoms with E-state index in [-0.39, 0.29) is 6.04 Å². The normalized spacial score (nSPS) is 24.3. The van der Waals surface area contributed by atoms with Gasteiger partial charge in [-0.1, -0.05) is 0 Å². The van der Waals surface area contributed by atoms with Crippen molar-refractivity contribution in [3.05, 3.63) is 20.8 Å². The molecule has 0 amide bonds. The van der Waals surface area contributed by atoms with Crippen LogP contribution in [-0.2, 0) is 6.42 Å². The molecule has 1 fully saturated rings. The molecule has 6 heteroatoms. The zero-order chi connectivity index (χ0) is 13.1. The Morgan fingerprint density at radius 1 is 1.56 bits per heavy atom. The zero-order valence-electron chi connectivity index (χ0n) is 10.9. The number of halogens is 1. The van der Waals surface area contributed by atoms with E-state index in [1.165, 1.54) is 9.35 Å². The zero-order valence-corrected chi connectivity index (χ0v) is 13.3. The number of piperazine rings is 1. The first kappa shape index (κ1) is 14.4. The summed E-state index contributed by atoms with van der Waals surface area (Å²) in [5.41, 5.74) is 3.01. The van der Waals surface area contributed by atoms with Gasteiger partial charge in [0.25, 0.3) is 0 Å². The number of hydrazine groups is 1. The minimum absolute atomic E-state index is 0.285. The lowest BCUT2D eigenvalue weighted by atomic mass is 10.0. The monoisotopic (exact) mass is 332 g/mol. The minimum atomic E-state index is 0.285. The molecular weight excluding hydrogens is 312 g/mol. The van der Waals surface area contributed by atoms with Crippen LogP contribution < -0.4 is 11.3 Å². The maximum Gasteiger partial charge on any atom is 0.0427 e. The molecule has 2 heterocycles. The second-order valence-corrected chi connectivity index (χ2v) is 6.83. The molecule has 1 aliphatic rings. The summed E-state index contributed by atoms with van der Waals surface area (Å²) in [6.45, 7) is 3.30. The molecule has 2 rings (SSSR count). The third-order valence-corrected chi connectivity index (χ3v) is 5.62. The molecule has 4 nitrogen and oxygen atoms in total. The molecule has 3 N–H and O–H groups in total. The molecule has 0 radical (unpaired) electrons. The van der Waals surface area contributed by atoms with Crippen molar-refractivity contribution in [3.63, 3.8) is 0 Å². The van der Waals surface area contributed by atoms with Gasteiger partial charge in [0.05, 0.1) is 0 Å². The fraction of sp³-hybridized carbons (Fsp3) is 0.667. The highest BCUT2D eigenvalue weighted by atomic mass is 79.9. The molecule has 1 aromatic heterocycles. The molecule has 1 aromatic rings. The van der Waals surface area contributed by atoms with E-state index in [2.05, 4.69) is 56.7 Å². The van der Waals surface area contributed by atoms with Gasteiger partial charge < -0.3 is 4.90 Å². The van der Waals surface area contributed by atoms with Crippen molar-refractivity contribution in [2.75, 3.05) is 33.7 Å². The van der Waals surface area contributed by atoms with E-state index in [4.69, 9.17) is 5.84 Å². The van der Waals surface area contributed by atoms with Crippen molar-refractivity contribution in [3.8, 4) is 0 Å². The maximum atomic E-state index is 5.77. The standard InChI is InChI=1S/C12H21BrN4S/c1-16-4-5-17(2)11(8-16)10(15-14)7-12-9(13)3-6-18-12/h3,6,10-11,15H,4-5,7-8,14H2,1-2H3. The van der Waals surface area contributed by atoms with Gasteiger partial charge >= 0.3 is 0 Å². The lowest BCUT2D eigenvalue weighted by molar-refractivity contribution is 0.0878. The number of hydrogen-bond donors (Lipinski definition) is 2. The number of thiophene rings is 1. The first-order valence-corrected chi connectivity index (χ1v) is 7.86. The van der Waals surface area contributed by atoms with Crippen molar-refractivity contribution >= 4 is 27.3 Å². The van der Waals surface area contributed by atoms with Crippen molar-refractivity contribution in [2.24, 2.45) is 5.84 Å². The first-order valence-electron chi connectivity index (χ1n) is 6.18. The Hall–Kier alpha value is 0.0200. The van der Waals surface area contributed by atoms with Crippen LogP contribution in [0.3, 0.4) is 0 Å². The molecule has 2 unspecified atom stereocenters. The van der Waals surface area contributed by atoms with Crippen LogP contribution in [-0.4, -0.2) is 55.6 Å². The number of nitrogens with two attached hydrogens (primary N) is 1. The quantitative estimate of drug-likeness (QED) is 0.641. The molecule has 0 saturated carbocycles. The number of nitrogens with one attached hydrogen (secondary N) is 1. The summed E-state index contributed by atoms with van der Waals surface area (Å²) in [5.74, 6) is 5.77. The van der Waals surface area contributed by atoms with E-state index in [1.54, 1.807) is 11.3 Å². The van der Waals surface area contributed by atoms with Gasteiger partial charge in [0.2, 0.25) is 0 Å². The van der Waals surface area contributed by atoms with Crippen molar-refractivity contribution in [1.29, 1.82) is 0 Å². The van der Waals surface area contributed by atoms with Gasteiger partial charge in [0.15, 0.2) is 0 Å². The van der Waals surface area contributed by atoms with E-state index in [9.17, 15) is 0 Å². The maximum absolute atomic E-state index is 5.77. The largest absolute Gasteiger partial charge is 0.303 e. The first-order chi connectivity index (χ1) is 8.61. The predicted octanol–water partition coefficient (Wildman–Crippen LogP) is 1.13. The molecule has 0 spiro atoms. The van der Waals surface area contributed by atoms with Crippen LogP contribution in [0, 0.1) is 0 Å². The highest BCUT2D eigenvalue weighted by Gasteiger charge is 2.29. The third kappa shape index (κ3) is 3.31. The van der Waals surface area contributed by atoms with Crippen LogP contribution in [0.2, 0.25) is 0 Å². The molecule has 18 heavy (non-hydrogen) atoms. The molecule has 1 saturated heterocycles. The second kappa shape index (κ2) is 6.45. The second-order valence-electron chi connectivity index (χ2n) is 4.98. The molecule has 0 aromatic carbocycles. The number of hydrogen-bond acceptors (Lipinski definition) is 5. The Morgan fingerprint density at radius 3 is 2.94 bits per heavy atom. The summed E-state index contributed by atoms with van der Waals surface area (Å²) in [6.07, 6.45) is 0.970. The van der Waals surface area contributed by atoms with Gasteiger partial charge in [-0.25, -0.2) is 0 Å². The minimum Gasteiger partial charge on any atom is -0.303 e. The molecule has 0 aliphatic carbocycles. The Balaban J connectivity index is 2.05. The van der Waals surface area contributed by atoms with E-state index < -0.39 is 0 Å². The third-order valence-electron chi connectivity index (χ3n) is 3.67. The smallest absolute Gasteiger partial charge is 0.0427 e. The summed E-state index contributed by atoms with van der Waals surface area (Å²) in [5, 5.41) is 2.11. The van der Waals surface area contributed by atoms with E-state index >= 15 is 0 Å². The van der Waals surface area contributed by atoms with Crippen LogP contribution in [0.5, 0.6) is 0 Å². The van der Waals surface area contributed by atoms with Gasteiger partial charge in [-0.3, -0.25) is 16.2 Å². The molecular formula is C12H21BrN4S. The Kier molecular flexibility index (Phi) is 5.17. The van der Waals surface area contributed by atoms with Crippen LogP contribution in [0.25, 0.3) is 0 Å². The average Bonchev–Trinajstić information content (AvgIpc) is 2.75. The fourth-order valence-electron chi connectivity index (χ4n) is 2.46. The van der Waals surface area contributed by atoms with E-state index in [0.717, 1.165) is 26.1 Å². The summed E-state index contributed by atoms with van der Waals surface area (Å²) in [6, 6.07) is 2.85. The number of rotatable bonds is 4. The highest BCUT2D eigenvalue weighted by molar-refractivity contribution is 9.10. The lowest BCUT2D eigenvalue weighted by Gasteiger charge is -2.41. The van der Waals surface area contributed by atoms with Crippen LogP contribution in [0.4, 0.5) is 0 Å². The molecule has 102 valence electrons. The van der Waals surface area contributed by atoms with Crippen LogP contribution >= 0.6 is 27.3 Å². The summed E-state index contributed by atoms with van der Waals surface area (Å²) >= 11 is 5.38. The number of likely N-dealkylation sites (N-methyl/N-ethyl adjacent to an activating group) is 2. The topological polar surface area (TPSA) is 44.5 Å². The SMILES string of the molecule is CN1CCN(C)C(C(Cc2sccc2Br)NN)C1. The molecule has 0 bridgehead atoms. The van der Waals surface area contributed by atoms with Gasteiger partial charge in [0.1, 0.15) is 0 Å². The van der Waals surface area contributed by atoms with Crippen molar-refractivity contribution < 1.29 is 0 Å². The van der Waals surface area contributed by atoms with E-state index in [0.29, 0.717) is 6.04 Å². The van der Waals surface area contributed by atoms with Crippen LogP contribution in [0.15, 0.2) is 15.9 Å². The van der Waals surface area contributed by atoms with Crippen LogP contribution in [0.1, 0.15) is 4.88 Å². The fourth-order valence-corrected chi connectivity index (χ4v) is 4.03. The number of nitrogens with zero attached hydrogens (tertiary/aromatic N) is 2. The molecule has 2 atom stereocenters. The predicted molar refractivity (Wildman–Crippen MR) is 80.7 cm³/mol. The Morgan fingerprint density at radius 2 is 2.33 bits per heavy atom. The van der Waals surface area contributed by atoms with Crippen molar-refractivity contribution in [1.82, 2.24) is 15.2 Å². The van der Waals surface area contributed by atoms with E-state index in [1.807, 2.05) is 0 Å².